The summed E-state index contributed by atoms with van der Waals surface area (Å²) >= 11 is 0. The average Bonchev–Trinajstić information content (AvgIpc) is 3.27. The molecule has 0 saturated heterocycles. The third kappa shape index (κ3) is 7.53. The monoisotopic (exact) mass is 549 g/mol. The van der Waals surface area contributed by atoms with Gasteiger partial charge in [-0.2, -0.15) is 5.10 Å². The summed E-state index contributed by atoms with van der Waals surface area (Å²) < 4.78 is 86.9. The zero-order valence-corrected chi connectivity index (χ0v) is 20.7. The normalized spacial score (nSPS) is 12.4. The number of aryl methyl sites for hydroxylation is 1. The first-order valence-corrected chi connectivity index (χ1v) is 11.9. The molecule has 206 valence electrons. The van der Waals surface area contributed by atoms with Crippen LogP contribution in [0.25, 0.3) is 0 Å². The van der Waals surface area contributed by atoms with Crippen LogP contribution < -0.4 is 14.8 Å². The predicted molar refractivity (Wildman–Crippen MR) is 132 cm³/mol. The second-order valence-electron chi connectivity index (χ2n) is 9.00. The minimum Gasteiger partial charge on any atom is -0.406 e. The van der Waals surface area contributed by atoms with Crippen LogP contribution in [0.3, 0.4) is 0 Å². The molecule has 11 heteroatoms. The number of ether oxygens (including phenoxy) is 2. The van der Waals surface area contributed by atoms with Crippen LogP contribution in [0.2, 0.25) is 0 Å². The first-order chi connectivity index (χ1) is 18.4. The predicted octanol–water partition coefficient (Wildman–Crippen LogP) is 6.83. The Hall–Kier alpha value is -3.99. The summed E-state index contributed by atoms with van der Waals surface area (Å²) in [6.45, 7) is 2.33. The Morgan fingerprint density at radius 1 is 0.769 bits per heavy atom. The van der Waals surface area contributed by atoms with E-state index in [0.29, 0.717) is 17.7 Å². The van der Waals surface area contributed by atoms with E-state index in [1.165, 1.54) is 36.4 Å². The van der Waals surface area contributed by atoms with Crippen LogP contribution in [0.5, 0.6) is 11.5 Å². The molecule has 0 aliphatic carbocycles. The van der Waals surface area contributed by atoms with Crippen molar-refractivity contribution in [2.24, 2.45) is 0 Å². The second-order valence-corrected chi connectivity index (χ2v) is 9.00. The quantitative estimate of drug-likeness (QED) is 0.213. The van der Waals surface area contributed by atoms with Crippen LogP contribution in [0, 0.1) is 6.92 Å². The van der Waals surface area contributed by atoms with Gasteiger partial charge in [-0.25, -0.2) is 0 Å². The van der Waals surface area contributed by atoms with Crippen molar-refractivity contribution in [2.45, 2.75) is 38.0 Å². The zero-order chi connectivity index (χ0) is 28.1. The van der Waals surface area contributed by atoms with E-state index in [9.17, 15) is 26.3 Å². The number of nitrogens with one attached hydrogen (secondary N) is 2. The molecule has 0 unspecified atom stereocenters. The number of halogens is 6. The number of hydrogen-bond donors (Lipinski definition) is 2. The number of aromatic nitrogens is 2. The van der Waals surface area contributed by atoms with E-state index >= 15 is 0 Å². The summed E-state index contributed by atoms with van der Waals surface area (Å²) in [7, 11) is 0. The molecule has 0 spiro atoms. The van der Waals surface area contributed by atoms with Crippen LogP contribution in [0.1, 0.15) is 27.9 Å². The summed E-state index contributed by atoms with van der Waals surface area (Å²) in [6.07, 6.45) is -7.87. The number of nitrogens with zero attached hydrogens (tertiary/aromatic N) is 1. The van der Waals surface area contributed by atoms with Crippen LogP contribution in [-0.4, -0.2) is 29.5 Å². The minimum atomic E-state index is -4.92. The second kappa shape index (κ2) is 11.4. The average molecular weight is 550 g/mol. The molecule has 0 aliphatic heterocycles. The largest absolute Gasteiger partial charge is 0.573 e. The van der Waals surface area contributed by atoms with Crippen LogP contribution in [0.15, 0.2) is 85.1 Å². The summed E-state index contributed by atoms with van der Waals surface area (Å²) in [6, 6.07) is 20.1. The molecule has 39 heavy (non-hydrogen) atoms. The van der Waals surface area contributed by atoms with Crippen molar-refractivity contribution in [3.63, 3.8) is 0 Å². The maximum absolute atomic E-state index is 13.1. The lowest BCUT2D eigenvalue weighted by Crippen LogP contribution is -2.41. The van der Waals surface area contributed by atoms with Gasteiger partial charge in [0.05, 0.1) is 5.69 Å². The Labute approximate surface area is 220 Å². The van der Waals surface area contributed by atoms with Gasteiger partial charge < -0.3 is 14.8 Å². The molecular formula is C28H25F6N3O2. The van der Waals surface area contributed by atoms with Crippen molar-refractivity contribution in [3.05, 3.63) is 113 Å². The number of benzene rings is 3. The number of H-pyrrole nitrogens is 1. The molecule has 0 aliphatic rings. The first-order valence-electron chi connectivity index (χ1n) is 11.9. The number of aromatic amines is 1. The van der Waals surface area contributed by atoms with Gasteiger partial charge in [0.25, 0.3) is 0 Å². The molecule has 0 fully saturated rings. The Kier molecular flexibility index (Phi) is 8.19. The van der Waals surface area contributed by atoms with Gasteiger partial charge in [0.2, 0.25) is 0 Å². The molecule has 1 aromatic heterocycles. The first kappa shape index (κ1) is 28.0. The van der Waals surface area contributed by atoms with E-state index in [1.807, 2.05) is 37.3 Å². The SMILES string of the molecule is Cc1n[nH]cc1CNCC(Cc1ccccc1)(c1cccc(OC(F)(F)F)c1)c1cccc(OC(F)(F)F)c1. The Bertz CT molecular complexity index is 1310. The molecular weight excluding hydrogens is 524 g/mol. The number of rotatable bonds is 10. The molecule has 0 saturated carbocycles. The van der Waals surface area contributed by atoms with E-state index in [4.69, 9.17) is 0 Å². The summed E-state index contributed by atoms with van der Waals surface area (Å²) in [4.78, 5) is 0. The van der Waals surface area contributed by atoms with Crippen LogP contribution in [0.4, 0.5) is 26.3 Å². The lowest BCUT2D eigenvalue weighted by atomic mass is 9.70. The molecule has 0 amide bonds. The molecule has 3 aromatic carbocycles. The highest BCUT2D eigenvalue weighted by Gasteiger charge is 2.38. The molecule has 2 N–H and O–H groups in total. The van der Waals surface area contributed by atoms with Gasteiger partial charge in [0.15, 0.2) is 0 Å². The topological polar surface area (TPSA) is 59.2 Å². The van der Waals surface area contributed by atoms with Gasteiger partial charge in [0, 0.05) is 30.3 Å². The van der Waals surface area contributed by atoms with Crippen LogP contribution in [-0.2, 0) is 18.4 Å². The minimum absolute atomic E-state index is 0.150. The van der Waals surface area contributed by atoms with E-state index in [-0.39, 0.29) is 13.0 Å². The van der Waals surface area contributed by atoms with Gasteiger partial charge in [-0.05, 0) is 54.3 Å². The van der Waals surface area contributed by atoms with Crippen molar-refractivity contribution in [1.82, 2.24) is 15.5 Å². The number of alkyl halides is 6. The smallest absolute Gasteiger partial charge is 0.406 e. The van der Waals surface area contributed by atoms with E-state index in [0.717, 1.165) is 16.8 Å². The molecule has 0 atom stereocenters. The molecule has 5 nitrogen and oxygen atoms in total. The summed E-state index contributed by atoms with van der Waals surface area (Å²) in [5.41, 5.74) is 2.14. The molecule has 4 aromatic rings. The standard InChI is InChI=1S/C28H25F6N3O2/c1-19-21(17-36-37-19)16-35-18-26(15-20-7-3-2-4-8-20,22-9-5-11-24(13-22)38-27(29,30)31)23-10-6-12-25(14-23)39-28(32,33)34/h2-14,17,35H,15-16,18H2,1H3,(H,36,37). The fourth-order valence-corrected chi connectivity index (χ4v) is 4.54. The van der Waals surface area contributed by atoms with Gasteiger partial charge in [-0.15, -0.1) is 26.3 Å². The molecule has 1 heterocycles. The van der Waals surface area contributed by atoms with Gasteiger partial charge in [-0.3, -0.25) is 5.10 Å². The van der Waals surface area contributed by atoms with Crippen LogP contribution >= 0.6 is 0 Å². The van der Waals surface area contributed by atoms with Crippen molar-refractivity contribution in [3.8, 4) is 11.5 Å². The fraction of sp³-hybridized carbons (Fsp3) is 0.250. The third-order valence-corrected chi connectivity index (χ3v) is 6.27. The Morgan fingerprint density at radius 3 is 1.82 bits per heavy atom. The lowest BCUT2D eigenvalue weighted by Gasteiger charge is -2.36. The molecule has 0 radical (unpaired) electrons. The number of hydrogen-bond acceptors (Lipinski definition) is 4. The molecule has 4 rings (SSSR count). The highest BCUT2D eigenvalue weighted by Crippen LogP contribution is 2.40. The van der Waals surface area contributed by atoms with Gasteiger partial charge >= 0.3 is 12.7 Å². The van der Waals surface area contributed by atoms with E-state index in [1.54, 1.807) is 18.3 Å². The van der Waals surface area contributed by atoms with Gasteiger partial charge in [0.1, 0.15) is 11.5 Å². The molecule has 0 bridgehead atoms. The van der Waals surface area contributed by atoms with Crippen molar-refractivity contribution < 1.29 is 35.8 Å². The van der Waals surface area contributed by atoms with Crippen molar-refractivity contribution in [2.75, 3.05) is 6.54 Å². The van der Waals surface area contributed by atoms with Crippen molar-refractivity contribution in [1.29, 1.82) is 0 Å². The Balaban J connectivity index is 1.85. The van der Waals surface area contributed by atoms with E-state index in [2.05, 4.69) is 25.0 Å². The summed E-state index contributed by atoms with van der Waals surface area (Å²) in [5, 5.41) is 10.2. The lowest BCUT2D eigenvalue weighted by molar-refractivity contribution is -0.275. The highest BCUT2D eigenvalue weighted by molar-refractivity contribution is 5.47. The van der Waals surface area contributed by atoms with E-state index < -0.39 is 29.6 Å². The van der Waals surface area contributed by atoms with Gasteiger partial charge in [-0.1, -0.05) is 54.6 Å². The summed E-state index contributed by atoms with van der Waals surface area (Å²) in [5.74, 6) is -0.878. The maximum atomic E-state index is 13.1. The maximum Gasteiger partial charge on any atom is 0.573 e. The Morgan fingerprint density at radius 2 is 1.33 bits per heavy atom. The fourth-order valence-electron chi connectivity index (χ4n) is 4.54. The highest BCUT2D eigenvalue weighted by atomic mass is 19.4. The van der Waals surface area contributed by atoms with Crippen molar-refractivity contribution >= 4 is 0 Å². The zero-order valence-electron chi connectivity index (χ0n) is 20.7. The third-order valence-electron chi connectivity index (χ3n) is 6.27.